The van der Waals surface area contributed by atoms with Gasteiger partial charge in [0.15, 0.2) is 0 Å². The van der Waals surface area contributed by atoms with Gasteiger partial charge in [0.25, 0.3) is 5.91 Å². The van der Waals surface area contributed by atoms with Crippen LogP contribution in [0.15, 0.2) is 30.5 Å². The highest BCUT2D eigenvalue weighted by atomic mass is 35.5. The topological polar surface area (TPSA) is 118 Å². The maximum atomic E-state index is 11.2. The van der Waals surface area contributed by atoms with E-state index in [-0.39, 0.29) is 11.3 Å². The SMILES string of the molecule is N#Cc1ccc(Nc2cc(C(N)=O)c(N)cn2)c(Cl)c1. The van der Waals surface area contributed by atoms with Gasteiger partial charge in [-0.3, -0.25) is 4.79 Å². The van der Waals surface area contributed by atoms with Gasteiger partial charge in [0.05, 0.1) is 39.8 Å². The Balaban J connectivity index is 2.33. The van der Waals surface area contributed by atoms with Crippen LogP contribution in [0, 0.1) is 11.3 Å². The summed E-state index contributed by atoms with van der Waals surface area (Å²) in [5, 5.41) is 12.1. The van der Waals surface area contributed by atoms with E-state index in [1.807, 2.05) is 6.07 Å². The summed E-state index contributed by atoms with van der Waals surface area (Å²) in [6, 6.07) is 8.20. The summed E-state index contributed by atoms with van der Waals surface area (Å²) in [7, 11) is 0. The van der Waals surface area contributed by atoms with Gasteiger partial charge in [-0.2, -0.15) is 5.26 Å². The van der Waals surface area contributed by atoms with Crippen molar-refractivity contribution >= 4 is 34.7 Å². The quantitative estimate of drug-likeness (QED) is 0.798. The number of anilines is 3. The average Bonchev–Trinajstić information content (AvgIpc) is 2.42. The molecule has 0 unspecified atom stereocenters. The van der Waals surface area contributed by atoms with E-state index in [2.05, 4.69) is 10.3 Å². The molecule has 1 aromatic carbocycles. The molecule has 0 aliphatic carbocycles. The standard InChI is InChI=1S/C13H10ClN5O/c14-9-3-7(5-15)1-2-11(9)19-12-4-8(13(17)20)10(16)6-18-12/h1-4,6H,16H2,(H2,17,20)(H,18,19). The van der Waals surface area contributed by atoms with Crippen molar-refractivity contribution in [1.29, 1.82) is 5.26 Å². The van der Waals surface area contributed by atoms with Gasteiger partial charge >= 0.3 is 0 Å². The first kappa shape index (κ1) is 13.6. The molecule has 0 aliphatic heterocycles. The van der Waals surface area contributed by atoms with Crippen molar-refractivity contribution in [2.75, 3.05) is 11.1 Å². The first-order valence-corrected chi connectivity index (χ1v) is 5.91. The van der Waals surface area contributed by atoms with Gasteiger partial charge in [0, 0.05) is 0 Å². The normalized spacial score (nSPS) is 9.80. The van der Waals surface area contributed by atoms with E-state index >= 15 is 0 Å². The fourth-order valence-electron chi connectivity index (χ4n) is 1.57. The Kier molecular flexibility index (Phi) is 3.73. The number of nitrogen functional groups attached to an aromatic ring is 1. The fraction of sp³-hybridized carbons (Fsp3) is 0. The van der Waals surface area contributed by atoms with E-state index in [9.17, 15) is 4.79 Å². The van der Waals surface area contributed by atoms with E-state index < -0.39 is 5.91 Å². The molecule has 0 atom stereocenters. The molecule has 0 radical (unpaired) electrons. The van der Waals surface area contributed by atoms with Crippen molar-refractivity contribution < 1.29 is 4.79 Å². The number of aromatic nitrogens is 1. The molecule has 1 amide bonds. The number of benzene rings is 1. The molecule has 2 rings (SSSR count). The predicted molar refractivity (Wildman–Crippen MR) is 76.6 cm³/mol. The van der Waals surface area contributed by atoms with Crippen LogP contribution in [0.25, 0.3) is 0 Å². The van der Waals surface area contributed by atoms with Crippen LogP contribution >= 0.6 is 11.6 Å². The molecule has 7 heteroatoms. The highest BCUT2D eigenvalue weighted by Gasteiger charge is 2.09. The summed E-state index contributed by atoms with van der Waals surface area (Å²) in [6.07, 6.45) is 1.33. The van der Waals surface area contributed by atoms with Gasteiger partial charge in [-0.15, -0.1) is 0 Å². The minimum absolute atomic E-state index is 0.173. The summed E-state index contributed by atoms with van der Waals surface area (Å²) in [5.74, 6) is -0.265. The first-order chi connectivity index (χ1) is 9.51. The van der Waals surface area contributed by atoms with Gasteiger partial charge in [-0.1, -0.05) is 11.6 Å². The van der Waals surface area contributed by atoms with Gasteiger partial charge in [-0.25, -0.2) is 4.98 Å². The Morgan fingerprint density at radius 2 is 2.15 bits per heavy atom. The maximum Gasteiger partial charge on any atom is 0.250 e. The second-order valence-electron chi connectivity index (χ2n) is 3.95. The number of pyridine rings is 1. The number of carbonyl (C=O) groups excluding carboxylic acids is 1. The van der Waals surface area contributed by atoms with Crippen molar-refractivity contribution in [2.45, 2.75) is 0 Å². The number of nitrogens with two attached hydrogens (primary N) is 2. The Hall–Kier alpha value is -2.78. The second-order valence-corrected chi connectivity index (χ2v) is 4.36. The van der Waals surface area contributed by atoms with Crippen molar-refractivity contribution in [1.82, 2.24) is 4.98 Å². The van der Waals surface area contributed by atoms with Crippen LogP contribution in [0.5, 0.6) is 0 Å². The molecule has 2 aromatic rings. The third-order valence-corrected chi connectivity index (χ3v) is 2.87. The number of nitrogens with zero attached hydrogens (tertiary/aromatic N) is 2. The highest BCUT2D eigenvalue weighted by molar-refractivity contribution is 6.33. The molecule has 20 heavy (non-hydrogen) atoms. The molecule has 0 aliphatic rings. The minimum Gasteiger partial charge on any atom is -0.397 e. The van der Waals surface area contributed by atoms with Crippen LogP contribution in [0.1, 0.15) is 15.9 Å². The van der Waals surface area contributed by atoms with Crippen molar-refractivity contribution in [3.63, 3.8) is 0 Å². The number of nitriles is 1. The average molecular weight is 288 g/mol. The van der Waals surface area contributed by atoms with Crippen molar-refractivity contribution in [2.24, 2.45) is 5.73 Å². The smallest absolute Gasteiger partial charge is 0.250 e. The molecule has 6 nitrogen and oxygen atoms in total. The molecule has 1 aromatic heterocycles. The molecule has 100 valence electrons. The van der Waals surface area contributed by atoms with Crippen LogP contribution in [0.2, 0.25) is 5.02 Å². The lowest BCUT2D eigenvalue weighted by Gasteiger charge is -2.09. The molecule has 0 fully saturated rings. The van der Waals surface area contributed by atoms with Gasteiger partial charge in [0.1, 0.15) is 5.82 Å². The third-order valence-electron chi connectivity index (χ3n) is 2.56. The van der Waals surface area contributed by atoms with E-state index in [1.165, 1.54) is 18.3 Å². The lowest BCUT2D eigenvalue weighted by molar-refractivity contribution is 0.100. The highest BCUT2D eigenvalue weighted by Crippen LogP contribution is 2.26. The van der Waals surface area contributed by atoms with Crippen LogP contribution in [0.4, 0.5) is 17.2 Å². The zero-order chi connectivity index (χ0) is 14.7. The zero-order valence-corrected chi connectivity index (χ0v) is 11.0. The van der Waals surface area contributed by atoms with Crippen molar-refractivity contribution in [3.05, 3.63) is 46.6 Å². The third kappa shape index (κ3) is 2.79. The first-order valence-electron chi connectivity index (χ1n) is 5.53. The maximum absolute atomic E-state index is 11.2. The predicted octanol–water partition coefficient (Wildman–Crippen LogP) is 2.03. The Bertz CT molecular complexity index is 723. The largest absolute Gasteiger partial charge is 0.397 e. The molecule has 0 saturated carbocycles. The zero-order valence-electron chi connectivity index (χ0n) is 10.2. The van der Waals surface area contributed by atoms with E-state index in [4.69, 9.17) is 28.3 Å². The molecule has 1 heterocycles. The number of amides is 1. The number of nitrogens with one attached hydrogen (secondary N) is 1. The van der Waals surface area contributed by atoms with Crippen LogP contribution in [-0.4, -0.2) is 10.9 Å². The minimum atomic E-state index is -0.640. The monoisotopic (exact) mass is 287 g/mol. The van der Waals surface area contributed by atoms with Gasteiger partial charge in [-0.05, 0) is 24.3 Å². The number of hydrogen-bond acceptors (Lipinski definition) is 5. The Labute approximate surface area is 120 Å². The number of halogens is 1. The van der Waals surface area contributed by atoms with E-state index in [0.29, 0.717) is 22.1 Å². The van der Waals surface area contributed by atoms with Gasteiger partial charge < -0.3 is 16.8 Å². The number of carbonyl (C=O) groups is 1. The Morgan fingerprint density at radius 1 is 1.40 bits per heavy atom. The van der Waals surface area contributed by atoms with E-state index in [1.54, 1.807) is 12.1 Å². The number of hydrogen-bond donors (Lipinski definition) is 3. The molecular weight excluding hydrogens is 278 g/mol. The van der Waals surface area contributed by atoms with Crippen molar-refractivity contribution in [3.8, 4) is 6.07 Å². The second kappa shape index (κ2) is 5.47. The molecular formula is C13H10ClN5O. The lowest BCUT2D eigenvalue weighted by atomic mass is 10.2. The van der Waals surface area contributed by atoms with Gasteiger partial charge in [0.2, 0.25) is 0 Å². The summed E-state index contributed by atoms with van der Waals surface area (Å²) >= 11 is 6.03. The molecule has 5 N–H and O–H groups in total. The Morgan fingerprint density at radius 3 is 2.75 bits per heavy atom. The van der Waals surface area contributed by atoms with Crippen LogP contribution in [0.3, 0.4) is 0 Å². The summed E-state index contributed by atoms with van der Waals surface area (Å²) < 4.78 is 0. The fourth-order valence-corrected chi connectivity index (χ4v) is 1.80. The summed E-state index contributed by atoms with van der Waals surface area (Å²) in [6.45, 7) is 0. The van der Waals surface area contributed by atoms with Crippen LogP contribution < -0.4 is 16.8 Å². The molecule has 0 bridgehead atoms. The molecule has 0 saturated heterocycles. The summed E-state index contributed by atoms with van der Waals surface area (Å²) in [4.78, 5) is 15.2. The van der Waals surface area contributed by atoms with Crippen LogP contribution in [-0.2, 0) is 0 Å². The molecule has 0 spiro atoms. The number of rotatable bonds is 3. The summed E-state index contributed by atoms with van der Waals surface area (Å²) in [5.41, 5.74) is 12.2. The number of primary amides is 1. The van der Waals surface area contributed by atoms with E-state index in [0.717, 1.165) is 0 Å². The lowest BCUT2D eigenvalue weighted by Crippen LogP contribution is -2.14.